The van der Waals surface area contributed by atoms with E-state index in [-0.39, 0.29) is 31.0 Å². The van der Waals surface area contributed by atoms with Crippen LogP contribution in [0.25, 0.3) is 0 Å². The molecule has 1 heterocycles. The number of amides is 1. The normalized spacial score (nSPS) is 15.7. The molecule has 164 valence electrons. The minimum Gasteiger partial charge on any atom is -0.391 e. The van der Waals surface area contributed by atoms with Gasteiger partial charge in [0.15, 0.2) is 0 Å². The number of nitrogens with one attached hydrogen (secondary N) is 1. The van der Waals surface area contributed by atoms with Gasteiger partial charge in [0, 0.05) is 25.9 Å². The van der Waals surface area contributed by atoms with Gasteiger partial charge in [-0.15, -0.1) is 12.4 Å². The summed E-state index contributed by atoms with van der Waals surface area (Å²) in [5.74, 6) is 0.521. The summed E-state index contributed by atoms with van der Waals surface area (Å²) in [6, 6.07) is 4.83. The summed E-state index contributed by atoms with van der Waals surface area (Å²) in [7, 11) is 1.80. The maximum absolute atomic E-state index is 12.7. The number of carbonyl (C=O) groups is 1. The van der Waals surface area contributed by atoms with Crippen molar-refractivity contribution in [1.29, 1.82) is 0 Å². The Kier molecular flexibility index (Phi) is 9.92. The molecule has 1 fully saturated rings. The molecule has 9 heteroatoms. The Bertz CT molecular complexity index is 686. The Labute approximate surface area is 176 Å². The lowest BCUT2D eigenvalue weighted by atomic mass is 10.0. The third kappa shape index (κ3) is 7.85. The van der Waals surface area contributed by atoms with Gasteiger partial charge >= 0.3 is 6.18 Å². The van der Waals surface area contributed by atoms with E-state index in [0.717, 1.165) is 24.3 Å². The predicted octanol–water partition coefficient (Wildman–Crippen LogP) is 4.26. The summed E-state index contributed by atoms with van der Waals surface area (Å²) in [6.45, 7) is 5.29. The van der Waals surface area contributed by atoms with Crippen LogP contribution < -0.4 is 5.32 Å². The molecule has 1 aromatic rings. The quantitative estimate of drug-likeness (QED) is 0.651. The number of carbonyl (C=O) groups excluding carboxylic acids is 1. The first-order valence-corrected chi connectivity index (χ1v) is 9.50. The van der Waals surface area contributed by atoms with E-state index >= 15 is 0 Å². The van der Waals surface area contributed by atoms with Gasteiger partial charge in [0.05, 0.1) is 17.3 Å². The summed E-state index contributed by atoms with van der Waals surface area (Å²) in [6.07, 6.45) is -2.38. The van der Waals surface area contributed by atoms with Crippen LogP contribution in [0.3, 0.4) is 0 Å². The number of nitrogens with zero attached hydrogens (tertiary/aromatic N) is 2. The molecule has 1 aliphatic rings. The lowest BCUT2D eigenvalue weighted by Crippen LogP contribution is -2.48. The van der Waals surface area contributed by atoms with Gasteiger partial charge in [-0.1, -0.05) is 31.1 Å². The fourth-order valence-electron chi connectivity index (χ4n) is 3.15. The average molecular weight is 436 g/mol. The van der Waals surface area contributed by atoms with Crippen molar-refractivity contribution in [2.45, 2.75) is 51.9 Å². The van der Waals surface area contributed by atoms with E-state index in [1.54, 1.807) is 13.1 Å². The lowest BCUT2D eigenvalue weighted by Gasteiger charge is -2.31. The number of likely N-dealkylation sites (N-methyl/N-ethyl adjacent to an activating group) is 1. The molecule has 1 aliphatic heterocycles. The zero-order chi connectivity index (χ0) is 20.7. The van der Waals surface area contributed by atoms with E-state index in [2.05, 4.69) is 24.3 Å². The Morgan fingerprint density at radius 3 is 2.48 bits per heavy atom. The van der Waals surface area contributed by atoms with Crippen LogP contribution in [-0.4, -0.2) is 42.7 Å². The number of halogens is 4. The molecule has 1 saturated heterocycles. The molecule has 1 N–H and O–H groups in total. The molecule has 0 aliphatic carbocycles. The molecule has 1 atom stereocenters. The molecule has 0 unspecified atom stereocenters. The Morgan fingerprint density at radius 1 is 1.28 bits per heavy atom. The second-order valence-corrected chi connectivity index (χ2v) is 7.43. The molecule has 5 nitrogen and oxygen atoms in total. The third-order valence-corrected chi connectivity index (χ3v) is 4.69. The van der Waals surface area contributed by atoms with Gasteiger partial charge in [-0.2, -0.15) is 13.2 Å². The van der Waals surface area contributed by atoms with Crippen molar-refractivity contribution in [2.75, 3.05) is 20.1 Å². The van der Waals surface area contributed by atoms with Crippen LogP contribution in [0.1, 0.15) is 44.2 Å². The number of likely N-dealkylation sites (tertiary alicyclic amines) is 1. The average Bonchev–Trinajstić information content (AvgIpc) is 2.65. The predicted molar refractivity (Wildman–Crippen MR) is 109 cm³/mol. The van der Waals surface area contributed by atoms with Crippen molar-refractivity contribution in [2.24, 2.45) is 11.1 Å². The summed E-state index contributed by atoms with van der Waals surface area (Å²) in [4.78, 5) is 19.7. The molecule has 0 radical (unpaired) electrons. The van der Waals surface area contributed by atoms with Crippen molar-refractivity contribution in [1.82, 2.24) is 10.2 Å². The van der Waals surface area contributed by atoms with Gasteiger partial charge in [-0.25, -0.2) is 0 Å². The number of hydrogen-bond donors (Lipinski definition) is 1. The fraction of sp³-hybridized carbons (Fsp3) is 0.600. The highest BCUT2D eigenvalue weighted by Crippen LogP contribution is 2.29. The Balaban J connectivity index is 0.00000420. The maximum atomic E-state index is 12.7. The molecule has 1 aromatic carbocycles. The monoisotopic (exact) mass is 435 g/mol. The minimum absolute atomic E-state index is 0. The van der Waals surface area contributed by atoms with Crippen LogP contribution in [0.15, 0.2) is 29.4 Å². The maximum Gasteiger partial charge on any atom is 0.416 e. The highest BCUT2D eigenvalue weighted by molar-refractivity contribution is 5.88. The molecular weight excluding hydrogens is 407 g/mol. The fourth-order valence-corrected chi connectivity index (χ4v) is 3.15. The van der Waals surface area contributed by atoms with Crippen molar-refractivity contribution in [3.63, 3.8) is 0 Å². The highest BCUT2D eigenvalue weighted by atomic mass is 35.5. The van der Waals surface area contributed by atoms with Gasteiger partial charge in [0.2, 0.25) is 5.91 Å². The SMILES string of the molecule is CN[C@@H](CC(C)C)C(=O)N1CCC(=NOCc2cccc(C(F)(F)F)c2)CC1.Cl. The molecule has 0 spiro atoms. The van der Waals surface area contributed by atoms with E-state index in [0.29, 0.717) is 37.4 Å². The first-order valence-electron chi connectivity index (χ1n) is 9.50. The number of hydrogen-bond acceptors (Lipinski definition) is 4. The van der Waals surface area contributed by atoms with Gasteiger partial charge in [-0.3, -0.25) is 4.79 Å². The minimum atomic E-state index is -4.37. The second-order valence-electron chi connectivity index (χ2n) is 7.43. The van der Waals surface area contributed by atoms with Crippen molar-refractivity contribution in [3.8, 4) is 0 Å². The van der Waals surface area contributed by atoms with Crippen LogP contribution in [-0.2, 0) is 22.4 Å². The first kappa shape index (κ1) is 25.2. The van der Waals surface area contributed by atoms with E-state index in [9.17, 15) is 18.0 Å². The number of piperidine rings is 1. The van der Waals surface area contributed by atoms with E-state index in [1.165, 1.54) is 6.07 Å². The topological polar surface area (TPSA) is 53.9 Å². The van der Waals surface area contributed by atoms with Gasteiger partial charge in [0.25, 0.3) is 0 Å². The molecule has 29 heavy (non-hydrogen) atoms. The Hall–Kier alpha value is -1.80. The van der Waals surface area contributed by atoms with Crippen LogP contribution in [0.5, 0.6) is 0 Å². The summed E-state index contributed by atoms with van der Waals surface area (Å²) < 4.78 is 38.2. The van der Waals surface area contributed by atoms with Crippen LogP contribution in [0.2, 0.25) is 0 Å². The Morgan fingerprint density at radius 2 is 1.93 bits per heavy atom. The molecular formula is C20H29ClF3N3O2. The molecule has 0 aromatic heterocycles. The van der Waals surface area contributed by atoms with Gasteiger partial charge < -0.3 is 15.1 Å². The number of benzene rings is 1. The summed E-state index contributed by atoms with van der Waals surface area (Å²) in [5, 5.41) is 7.14. The molecule has 1 amide bonds. The van der Waals surface area contributed by atoms with Crippen molar-refractivity contribution < 1.29 is 22.8 Å². The lowest BCUT2D eigenvalue weighted by molar-refractivity contribution is -0.137. The summed E-state index contributed by atoms with van der Waals surface area (Å²) >= 11 is 0. The highest BCUT2D eigenvalue weighted by Gasteiger charge is 2.30. The zero-order valence-electron chi connectivity index (χ0n) is 17.0. The largest absolute Gasteiger partial charge is 0.416 e. The first-order chi connectivity index (χ1) is 13.2. The smallest absolute Gasteiger partial charge is 0.391 e. The standard InChI is InChI=1S/C20H28F3N3O2.ClH/c1-14(2)11-18(24-3)19(27)26-9-7-17(8-10-26)25-28-13-15-5-4-6-16(12-15)20(21,22)23;/h4-6,12,14,18,24H,7-11,13H2,1-3H3;1H/t18-;/m0./s1. The molecule has 0 bridgehead atoms. The zero-order valence-corrected chi connectivity index (χ0v) is 17.8. The molecule has 2 rings (SSSR count). The van der Waals surface area contributed by atoms with Crippen LogP contribution in [0.4, 0.5) is 13.2 Å². The van der Waals surface area contributed by atoms with Crippen LogP contribution in [0, 0.1) is 5.92 Å². The van der Waals surface area contributed by atoms with E-state index in [4.69, 9.17) is 4.84 Å². The third-order valence-electron chi connectivity index (χ3n) is 4.69. The number of oxime groups is 1. The van der Waals surface area contributed by atoms with Gasteiger partial charge in [-0.05, 0) is 37.1 Å². The number of alkyl halides is 3. The summed E-state index contributed by atoms with van der Waals surface area (Å²) in [5.41, 5.74) is 0.534. The van der Waals surface area contributed by atoms with E-state index < -0.39 is 11.7 Å². The molecule has 0 saturated carbocycles. The number of rotatable bonds is 7. The van der Waals surface area contributed by atoms with Gasteiger partial charge in [0.1, 0.15) is 6.61 Å². The second kappa shape index (κ2) is 11.4. The van der Waals surface area contributed by atoms with E-state index in [1.807, 2.05) is 4.90 Å². The van der Waals surface area contributed by atoms with Crippen molar-refractivity contribution in [3.05, 3.63) is 35.4 Å². The van der Waals surface area contributed by atoms with Crippen molar-refractivity contribution >= 4 is 24.0 Å². The van der Waals surface area contributed by atoms with Crippen LogP contribution >= 0.6 is 12.4 Å².